The first-order valence-corrected chi connectivity index (χ1v) is 9.86. The van der Waals surface area contributed by atoms with Gasteiger partial charge < -0.3 is 0 Å². The number of nitro groups is 2. The minimum absolute atomic E-state index is 0.198. The van der Waals surface area contributed by atoms with Gasteiger partial charge in [0.25, 0.3) is 11.4 Å². The molecule has 11 heteroatoms. The van der Waals surface area contributed by atoms with Crippen molar-refractivity contribution < 1.29 is 34.2 Å². The molecule has 0 radical (unpaired) electrons. The number of carbonyl (C=O) groups excluding carboxylic acids is 2. The van der Waals surface area contributed by atoms with Crippen molar-refractivity contribution in [1.29, 1.82) is 0 Å². The van der Waals surface area contributed by atoms with Crippen LogP contribution in [0.15, 0.2) is 48.5 Å². The van der Waals surface area contributed by atoms with E-state index in [-0.39, 0.29) is 22.5 Å². The predicted octanol–water partition coefficient (Wildman–Crippen LogP) is 3.78. The van der Waals surface area contributed by atoms with E-state index < -0.39 is 45.5 Å². The molecular weight excluding hydrogens is 436 g/mol. The molecule has 0 spiro atoms. The van der Waals surface area contributed by atoms with E-state index in [0.717, 1.165) is 0 Å². The molecule has 0 fully saturated rings. The van der Waals surface area contributed by atoms with Crippen molar-refractivity contribution in [3.8, 4) is 0 Å². The molecule has 0 saturated heterocycles. The van der Waals surface area contributed by atoms with Crippen LogP contribution in [0.1, 0.15) is 38.8 Å². The monoisotopic (exact) mass is 460 g/mol. The summed E-state index contributed by atoms with van der Waals surface area (Å²) in [6.45, 7) is 4.87. The van der Waals surface area contributed by atoms with Gasteiger partial charge in [-0.3, -0.25) is 29.8 Å². The van der Waals surface area contributed by atoms with E-state index >= 15 is 0 Å². The topological polar surface area (TPSA) is 148 Å². The summed E-state index contributed by atoms with van der Waals surface area (Å²) in [7, 11) is 0. The molecule has 2 aromatic carbocycles. The highest BCUT2D eigenvalue weighted by Gasteiger charge is 2.37. The summed E-state index contributed by atoms with van der Waals surface area (Å²) in [4.78, 5) is 55.9. The number of nitrogens with zero attached hydrogens (tertiary/aromatic N) is 2. The lowest BCUT2D eigenvalue weighted by atomic mass is 9.80. The lowest BCUT2D eigenvalue weighted by molar-refractivity contribution is -0.504. The highest BCUT2D eigenvalue weighted by atomic mass is 17.5. The summed E-state index contributed by atoms with van der Waals surface area (Å²) in [6.07, 6.45) is 0. The van der Waals surface area contributed by atoms with Crippen LogP contribution in [0.4, 0.5) is 11.4 Å². The Morgan fingerprint density at radius 2 is 1.06 bits per heavy atom. The van der Waals surface area contributed by atoms with Gasteiger partial charge in [0.05, 0.1) is 20.7 Å². The highest BCUT2D eigenvalue weighted by molar-refractivity contribution is 5.92. The minimum Gasteiger partial charge on any atom is -0.296 e. The molecule has 0 amide bonds. The van der Waals surface area contributed by atoms with Crippen LogP contribution in [0.3, 0.4) is 0 Å². The molecule has 2 rings (SSSR count). The van der Waals surface area contributed by atoms with Gasteiger partial charge in [-0.1, -0.05) is 41.4 Å². The van der Waals surface area contributed by atoms with Crippen molar-refractivity contribution in [2.45, 2.75) is 38.5 Å². The lowest BCUT2D eigenvalue weighted by Crippen LogP contribution is -2.34. The van der Waals surface area contributed by atoms with Gasteiger partial charge >= 0.3 is 0 Å². The lowest BCUT2D eigenvalue weighted by Gasteiger charge is -2.23. The van der Waals surface area contributed by atoms with Crippen molar-refractivity contribution in [1.82, 2.24) is 0 Å². The second kappa shape index (κ2) is 10.4. The molecule has 0 bridgehead atoms. The first-order valence-electron chi connectivity index (χ1n) is 9.86. The van der Waals surface area contributed by atoms with Crippen molar-refractivity contribution in [2.75, 3.05) is 13.2 Å². The average molecular weight is 460 g/mol. The molecule has 176 valence electrons. The van der Waals surface area contributed by atoms with Crippen molar-refractivity contribution in [3.05, 3.63) is 79.9 Å². The molecule has 0 atom stereocenters. The maximum Gasteiger partial charge on any atom is 0.273 e. The van der Waals surface area contributed by atoms with Gasteiger partial charge in [-0.15, -0.1) is 0 Å². The van der Waals surface area contributed by atoms with E-state index in [0.29, 0.717) is 0 Å². The number of carbonyl (C=O) groups is 2. The molecule has 33 heavy (non-hydrogen) atoms. The summed E-state index contributed by atoms with van der Waals surface area (Å²) in [6, 6.07) is 11.7. The Kier molecular flexibility index (Phi) is 8.09. The SMILES string of the molecule is CC(C)(C(=O)COOOCC(=O)C(C)(C)c1ccccc1[N+](=O)[O-])c1ccccc1[N+](=O)[O-]. The third-order valence-electron chi connectivity index (χ3n) is 5.42. The van der Waals surface area contributed by atoms with E-state index in [9.17, 15) is 29.8 Å². The molecule has 0 aliphatic carbocycles. The Hall–Kier alpha value is -3.54. The Bertz CT molecular complexity index is 980. The molecule has 11 nitrogen and oxygen atoms in total. The number of hydrogen-bond acceptors (Lipinski definition) is 9. The van der Waals surface area contributed by atoms with Crippen molar-refractivity contribution in [2.24, 2.45) is 0 Å². The third-order valence-corrected chi connectivity index (χ3v) is 5.42. The van der Waals surface area contributed by atoms with Gasteiger partial charge in [0, 0.05) is 23.3 Å². The fourth-order valence-corrected chi connectivity index (χ4v) is 3.17. The standard InChI is InChI=1S/C22H24N2O9/c1-21(2,15-9-5-7-11-17(15)23(27)28)19(25)13-31-33-32-14-20(26)22(3,4)16-10-6-8-12-18(16)24(29)30/h5-12H,13-14H2,1-4H3. The van der Waals surface area contributed by atoms with E-state index in [2.05, 4.69) is 5.04 Å². The second-order valence-corrected chi connectivity index (χ2v) is 8.24. The van der Waals surface area contributed by atoms with Gasteiger partial charge in [-0.25, -0.2) is 0 Å². The summed E-state index contributed by atoms with van der Waals surface area (Å²) in [5.74, 6) is -1.04. The minimum atomic E-state index is -1.25. The zero-order chi connectivity index (χ0) is 24.8. The third kappa shape index (κ3) is 5.83. The Labute approximate surface area is 189 Å². The fraction of sp³-hybridized carbons (Fsp3) is 0.364. The molecule has 0 N–H and O–H groups in total. The first-order chi connectivity index (χ1) is 15.4. The normalized spacial score (nSPS) is 11.8. The number of hydrogen-bond donors (Lipinski definition) is 0. The van der Waals surface area contributed by atoms with Crippen LogP contribution in [-0.4, -0.2) is 34.6 Å². The zero-order valence-electron chi connectivity index (χ0n) is 18.6. The van der Waals surface area contributed by atoms with E-state index in [1.165, 1.54) is 64.1 Å². The molecule has 0 aromatic heterocycles. The van der Waals surface area contributed by atoms with Crippen molar-refractivity contribution >= 4 is 22.9 Å². The molecule has 2 aromatic rings. The number of benzene rings is 2. The number of ketones is 2. The number of nitro benzene ring substituents is 2. The average Bonchev–Trinajstić information content (AvgIpc) is 2.78. The summed E-state index contributed by atoms with van der Waals surface area (Å²) >= 11 is 0. The Morgan fingerprint density at radius 3 is 1.39 bits per heavy atom. The summed E-state index contributed by atoms with van der Waals surface area (Å²) in [5.41, 5.74) is -2.47. The van der Waals surface area contributed by atoms with Gasteiger partial charge in [0.1, 0.15) is 13.2 Å². The van der Waals surface area contributed by atoms with Crippen LogP contribution in [0.2, 0.25) is 0 Å². The van der Waals surface area contributed by atoms with Crippen LogP contribution in [-0.2, 0) is 35.2 Å². The number of rotatable bonds is 12. The maximum absolute atomic E-state index is 12.6. The van der Waals surface area contributed by atoms with Crippen LogP contribution >= 0.6 is 0 Å². The molecule has 0 heterocycles. The zero-order valence-corrected chi connectivity index (χ0v) is 18.6. The van der Waals surface area contributed by atoms with Crippen LogP contribution < -0.4 is 0 Å². The van der Waals surface area contributed by atoms with Gasteiger partial charge in [-0.2, -0.15) is 9.78 Å². The summed E-state index contributed by atoms with van der Waals surface area (Å²) in [5, 5.41) is 27.0. The Morgan fingerprint density at radius 1 is 0.727 bits per heavy atom. The van der Waals surface area contributed by atoms with E-state index in [1.807, 2.05) is 0 Å². The quantitative estimate of drug-likeness (QED) is 0.200. The maximum atomic E-state index is 12.6. The molecular formula is C22H24N2O9. The van der Waals surface area contributed by atoms with Gasteiger partial charge in [0.2, 0.25) is 0 Å². The van der Waals surface area contributed by atoms with Gasteiger partial charge in [0.15, 0.2) is 11.6 Å². The largest absolute Gasteiger partial charge is 0.296 e. The highest BCUT2D eigenvalue weighted by Crippen LogP contribution is 2.33. The summed E-state index contributed by atoms with van der Waals surface area (Å²) < 4.78 is 0. The van der Waals surface area contributed by atoms with Crippen molar-refractivity contribution in [3.63, 3.8) is 0 Å². The fourth-order valence-electron chi connectivity index (χ4n) is 3.17. The second-order valence-electron chi connectivity index (χ2n) is 8.24. The molecule has 0 aliphatic heterocycles. The smallest absolute Gasteiger partial charge is 0.273 e. The van der Waals surface area contributed by atoms with Crippen LogP contribution in [0, 0.1) is 20.2 Å². The van der Waals surface area contributed by atoms with Crippen LogP contribution in [0.25, 0.3) is 0 Å². The predicted molar refractivity (Wildman–Crippen MR) is 115 cm³/mol. The van der Waals surface area contributed by atoms with Crippen LogP contribution in [0.5, 0.6) is 0 Å². The molecule has 0 unspecified atom stereocenters. The van der Waals surface area contributed by atoms with E-state index in [1.54, 1.807) is 12.1 Å². The van der Waals surface area contributed by atoms with E-state index in [4.69, 9.17) is 9.78 Å². The Balaban J connectivity index is 1.93. The van der Waals surface area contributed by atoms with Gasteiger partial charge in [-0.05, 0) is 27.7 Å². The molecule has 0 saturated carbocycles. The first kappa shape index (κ1) is 25.7. The molecule has 0 aliphatic rings. The number of para-hydroxylation sites is 2. The number of Topliss-reactive ketones (excluding diaryl/α,β-unsaturated/α-hetero) is 2.